The summed E-state index contributed by atoms with van der Waals surface area (Å²) in [5, 5.41) is 11.3. The van der Waals surface area contributed by atoms with Crippen molar-refractivity contribution in [3.05, 3.63) is 12.7 Å². The average molecular weight is 187 g/mol. The molecule has 13 heavy (non-hydrogen) atoms. The van der Waals surface area contributed by atoms with Crippen LogP contribution in [0.1, 0.15) is 13.3 Å². The number of rotatable bonds is 8. The Balaban J connectivity index is 3.15. The number of carbonyl (C=O) groups is 1. The van der Waals surface area contributed by atoms with Crippen molar-refractivity contribution in [3.63, 3.8) is 0 Å². The van der Waals surface area contributed by atoms with Gasteiger partial charge in [-0.05, 0) is 13.3 Å². The van der Waals surface area contributed by atoms with E-state index in [1.807, 2.05) is 0 Å². The Hall–Kier alpha value is -0.870. The number of nitrogens with one attached hydrogen (secondary N) is 1. The lowest BCUT2D eigenvalue weighted by atomic mass is 10.3. The molecule has 0 aromatic heterocycles. The summed E-state index contributed by atoms with van der Waals surface area (Å²) in [5.41, 5.74) is 0. The van der Waals surface area contributed by atoms with E-state index in [1.54, 1.807) is 13.0 Å². The van der Waals surface area contributed by atoms with Crippen molar-refractivity contribution in [1.29, 1.82) is 0 Å². The molecule has 4 nitrogen and oxygen atoms in total. The molecular weight excluding hydrogens is 170 g/mol. The van der Waals surface area contributed by atoms with Crippen molar-refractivity contribution in [2.45, 2.75) is 19.4 Å². The maximum Gasteiger partial charge on any atom is 0.320 e. The van der Waals surface area contributed by atoms with Gasteiger partial charge in [-0.15, -0.1) is 6.58 Å². The van der Waals surface area contributed by atoms with Crippen LogP contribution in [-0.4, -0.2) is 36.9 Å². The molecule has 1 atom stereocenters. The largest absolute Gasteiger partial charge is 0.480 e. The summed E-state index contributed by atoms with van der Waals surface area (Å²) in [6, 6.07) is -0.511. The van der Waals surface area contributed by atoms with Crippen LogP contribution in [0.4, 0.5) is 0 Å². The van der Waals surface area contributed by atoms with E-state index in [9.17, 15) is 4.79 Å². The highest BCUT2D eigenvalue weighted by Crippen LogP contribution is 1.83. The fourth-order valence-corrected chi connectivity index (χ4v) is 0.704. The van der Waals surface area contributed by atoms with E-state index in [4.69, 9.17) is 9.84 Å². The molecule has 0 saturated carbocycles. The lowest BCUT2D eigenvalue weighted by Gasteiger charge is -2.08. The molecule has 1 unspecified atom stereocenters. The summed E-state index contributed by atoms with van der Waals surface area (Å²) >= 11 is 0. The molecule has 0 fully saturated rings. The number of carboxylic acid groups (broad SMARTS) is 1. The zero-order valence-electron chi connectivity index (χ0n) is 7.95. The second-order valence-electron chi connectivity index (χ2n) is 2.70. The van der Waals surface area contributed by atoms with Crippen LogP contribution in [0.5, 0.6) is 0 Å². The van der Waals surface area contributed by atoms with Crippen molar-refractivity contribution in [2.24, 2.45) is 0 Å². The minimum atomic E-state index is -0.842. The number of hydrogen-bond acceptors (Lipinski definition) is 3. The van der Waals surface area contributed by atoms with E-state index in [0.717, 1.165) is 6.42 Å². The van der Waals surface area contributed by atoms with Crippen molar-refractivity contribution in [1.82, 2.24) is 5.32 Å². The molecule has 0 heterocycles. The highest BCUT2D eigenvalue weighted by atomic mass is 16.5. The second kappa shape index (κ2) is 7.76. The van der Waals surface area contributed by atoms with Gasteiger partial charge in [0, 0.05) is 6.54 Å². The first kappa shape index (κ1) is 12.1. The van der Waals surface area contributed by atoms with Crippen LogP contribution in [0.25, 0.3) is 0 Å². The Morgan fingerprint density at radius 2 is 2.38 bits per heavy atom. The Bertz CT molecular complexity index is 159. The number of hydrogen-bond donors (Lipinski definition) is 2. The lowest BCUT2D eigenvalue weighted by Crippen LogP contribution is -2.35. The van der Waals surface area contributed by atoms with Crippen molar-refractivity contribution in [3.8, 4) is 0 Å². The third-order valence-corrected chi connectivity index (χ3v) is 1.53. The molecule has 4 heteroatoms. The van der Waals surface area contributed by atoms with E-state index in [0.29, 0.717) is 19.8 Å². The normalized spacial score (nSPS) is 12.4. The Kier molecular flexibility index (Phi) is 7.24. The third-order valence-electron chi connectivity index (χ3n) is 1.53. The summed E-state index contributed by atoms with van der Waals surface area (Å²) < 4.78 is 5.18. The number of carboxylic acids is 1. The van der Waals surface area contributed by atoms with Crippen LogP contribution < -0.4 is 5.32 Å². The minimum Gasteiger partial charge on any atom is -0.480 e. The van der Waals surface area contributed by atoms with Crippen LogP contribution in [0, 0.1) is 0 Å². The van der Waals surface area contributed by atoms with Gasteiger partial charge < -0.3 is 15.2 Å². The van der Waals surface area contributed by atoms with Gasteiger partial charge in [0.1, 0.15) is 6.04 Å². The molecule has 0 bridgehead atoms. The first-order valence-corrected chi connectivity index (χ1v) is 4.33. The summed E-state index contributed by atoms with van der Waals surface area (Å²) in [6.45, 7) is 6.90. The SMILES string of the molecule is C=CCCOCCNC(C)C(=O)O. The van der Waals surface area contributed by atoms with E-state index in [1.165, 1.54) is 0 Å². The van der Waals surface area contributed by atoms with Gasteiger partial charge in [0.25, 0.3) is 0 Å². The molecular formula is C9H17NO3. The van der Waals surface area contributed by atoms with Crippen molar-refractivity contribution >= 4 is 5.97 Å². The quantitative estimate of drug-likeness (QED) is 0.432. The molecule has 0 aliphatic heterocycles. The van der Waals surface area contributed by atoms with Gasteiger partial charge in [-0.25, -0.2) is 0 Å². The molecule has 0 saturated heterocycles. The van der Waals surface area contributed by atoms with Crippen molar-refractivity contribution in [2.75, 3.05) is 19.8 Å². The molecule has 0 aromatic rings. The molecule has 2 N–H and O–H groups in total. The van der Waals surface area contributed by atoms with E-state index in [-0.39, 0.29) is 0 Å². The molecule has 0 radical (unpaired) electrons. The highest BCUT2D eigenvalue weighted by molar-refractivity contribution is 5.72. The first-order chi connectivity index (χ1) is 6.18. The summed E-state index contributed by atoms with van der Waals surface area (Å²) in [4.78, 5) is 10.3. The van der Waals surface area contributed by atoms with Gasteiger partial charge in [-0.1, -0.05) is 6.08 Å². The lowest BCUT2D eigenvalue weighted by molar-refractivity contribution is -0.139. The Morgan fingerprint density at radius 3 is 2.92 bits per heavy atom. The van der Waals surface area contributed by atoms with Gasteiger partial charge in [0.05, 0.1) is 13.2 Å². The first-order valence-electron chi connectivity index (χ1n) is 4.33. The van der Waals surface area contributed by atoms with Crippen LogP contribution >= 0.6 is 0 Å². The summed E-state index contributed by atoms with van der Waals surface area (Å²) in [5.74, 6) is -0.842. The average Bonchev–Trinajstić information content (AvgIpc) is 2.10. The van der Waals surface area contributed by atoms with Crippen LogP contribution in [-0.2, 0) is 9.53 Å². The predicted octanol–water partition coefficient (Wildman–Crippen LogP) is 0.642. The molecule has 0 aliphatic rings. The topological polar surface area (TPSA) is 58.6 Å². The van der Waals surface area contributed by atoms with Gasteiger partial charge in [-0.3, -0.25) is 4.79 Å². The molecule has 0 amide bonds. The molecule has 0 rings (SSSR count). The third kappa shape index (κ3) is 7.49. The molecule has 0 spiro atoms. The summed E-state index contributed by atoms with van der Waals surface area (Å²) in [7, 11) is 0. The van der Waals surface area contributed by atoms with E-state index >= 15 is 0 Å². The molecule has 0 aromatic carbocycles. The maximum absolute atomic E-state index is 10.3. The van der Waals surface area contributed by atoms with Crippen molar-refractivity contribution < 1.29 is 14.6 Å². The molecule has 0 aliphatic carbocycles. The Morgan fingerprint density at radius 1 is 1.69 bits per heavy atom. The van der Waals surface area contributed by atoms with Gasteiger partial charge in [0.15, 0.2) is 0 Å². The number of aliphatic carboxylic acids is 1. The molecule has 76 valence electrons. The fraction of sp³-hybridized carbons (Fsp3) is 0.667. The maximum atomic E-state index is 10.3. The Labute approximate surface area is 78.6 Å². The smallest absolute Gasteiger partial charge is 0.320 e. The van der Waals surface area contributed by atoms with Crippen LogP contribution in [0.2, 0.25) is 0 Å². The van der Waals surface area contributed by atoms with Gasteiger partial charge in [-0.2, -0.15) is 0 Å². The van der Waals surface area contributed by atoms with Crippen LogP contribution in [0.15, 0.2) is 12.7 Å². The number of ether oxygens (including phenoxy) is 1. The predicted molar refractivity (Wildman–Crippen MR) is 50.7 cm³/mol. The zero-order valence-corrected chi connectivity index (χ0v) is 7.95. The minimum absolute atomic E-state index is 0.511. The zero-order chi connectivity index (χ0) is 10.1. The van der Waals surface area contributed by atoms with E-state index < -0.39 is 12.0 Å². The monoisotopic (exact) mass is 187 g/mol. The summed E-state index contributed by atoms with van der Waals surface area (Å²) in [6.07, 6.45) is 2.61. The standard InChI is InChI=1S/C9H17NO3/c1-3-4-6-13-7-5-10-8(2)9(11)12/h3,8,10H,1,4-7H2,2H3,(H,11,12). The van der Waals surface area contributed by atoms with E-state index in [2.05, 4.69) is 11.9 Å². The van der Waals surface area contributed by atoms with Gasteiger partial charge >= 0.3 is 5.97 Å². The second-order valence-corrected chi connectivity index (χ2v) is 2.70. The van der Waals surface area contributed by atoms with Gasteiger partial charge in [0.2, 0.25) is 0 Å². The fourth-order valence-electron chi connectivity index (χ4n) is 0.704. The highest BCUT2D eigenvalue weighted by Gasteiger charge is 2.07. The van der Waals surface area contributed by atoms with Crippen LogP contribution in [0.3, 0.4) is 0 Å².